The van der Waals surface area contributed by atoms with Gasteiger partial charge in [-0.2, -0.15) is 5.10 Å². The largest absolute Gasteiger partial charge is 0.311 e. The Morgan fingerprint density at radius 1 is 1.44 bits per heavy atom. The summed E-state index contributed by atoms with van der Waals surface area (Å²) in [4.78, 5) is 2.60. The molecule has 0 spiro atoms. The van der Waals surface area contributed by atoms with Crippen LogP contribution in [-0.4, -0.2) is 39.9 Å². The van der Waals surface area contributed by atoms with Gasteiger partial charge in [-0.3, -0.25) is 9.58 Å². The average Bonchev–Trinajstić information content (AvgIpc) is 2.70. The van der Waals surface area contributed by atoms with Crippen molar-refractivity contribution in [2.75, 3.05) is 13.1 Å². The summed E-state index contributed by atoms with van der Waals surface area (Å²) in [5.41, 5.74) is 2.48. The van der Waals surface area contributed by atoms with Gasteiger partial charge in [0.25, 0.3) is 0 Å². The summed E-state index contributed by atoms with van der Waals surface area (Å²) in [5, 5.41) is 8.11. The van der Waals surface area contributed by atoms with Crippen molar-refractivity contribution < 1.29 is 0 Å². The van der Waals surface area contributed by atoms with E-state index in [9.17, 15) is 0 Å². The maximum absolute atomic E-state index is 4.54. The summed E-state index contributed by atoms with van der Waals surface area (Å²) >= 11 is 0. The van der Waals surface area contributed by atoms with Gasteiger partial charge in [-0.15, -0.1) is 0 Å². The van der Waals surface area contributed by atoms with Crippen LogP contribution in [0, 0.1) is 6.92 Å². The highest BCUT2D eigenvalue weighted by molar-refractivity contribution is 5.09. The molecule has 4 nitrogen and oxygen atoms in total. The monoisotopic (exact) mass is 250 g/mol. The number of hydrogen-bond donors (Lipinski definition) is 1. The van der Waals surface area contributed by atoms with Crippen molar-refractivity contribution in [2.45, 2.75) is 59.3 Å². The number of nitrogens with one attached hydrogen (secondary N) is 1. The van der Waals surface area contributed by atoms with E-state index in [0.717, 1.165) is 31.9 Å². The lowest BCUT2D eigenvalue weighted by Crippen LogP contribution is -2.54. The normalized spacial score (nSPS) is 25.6. The summed E-state index contributed by atoms with van der Waals surface area (Å²) in [7, 11) is 0. The third-order valence-electron chi connectivity index (χ3n) is 3.85. The predicted molar refractivity (Wildman–Crippen MR) is 74.6 cm³/mol. The molecule has 1 aromatic rings. The van der Waals surface area contributed by atoms with Gasteiger partial charge >= 0.3 is 0 Å². The van der Waals surface area contributed by atoms with Crippen molar-refractivity contribution in [3.05, 3.63) is 17.5 Å². The number of piperazine rings is 1. The molecule has 1 aliphatic heterocycles. The molecule has 0 aromatic carbocycles. The first-order valence-electron chi connectivity index (χ1n) is 7.14. The molecule has 1 aliphatic rings. The van der Waals surface area contributed by atoms with Gasteiger partial charge in [0.1, 0.15) is 0 Å². The van der Waals surface area contributed by atoms with Crippen LogP contribution in [-0.2, 0) is 13.1 Å². The molecule has 0 radical (unpaired) electrons. The Hall–Kier alpha value is -0.870. The van der Waals surface area contributed by atoms with Crippen LogP contribution in [0.15, 0.2) is 6.07 Å². The molecule has 1 saturated heterocycles. The van der Waals surface area contributed by atoms with Gasteiger partial charge in [0.2, 0.25) is 0 Å². The summed E-state index contributed by atoms with van der Waals surface area (Å²) in [6, 6.07) is 3.47. The molecule has 0 saturated carbocycles. The highest BCUT2D eigenvalue weighted by atomic mass is 15.3. The number of nitrogens with zero attached hydrogens (tertiary/aromatic N) is 3. The molecule has 2 atom stereocenters. The smallest absolute Gasteiger partial charge is 0.0597 e. The van der Waals surface area contributed by atoms with Crippen molar-refractivity contribution in [3.8, 4) is 0 Å². The van der Waals surface area contributed by atoms with Crippen LogP contribution in [0.25, 0.3) is 0 Å². The third kappa shape index (κ3) is 2.93. The Morgan fingerprint density at radius 2 is 2.22 bits per heavy atom. The van der Waals surface area contributed by atoms with Gasteiger partial charge in [-0.1, -0.05) is 6.92 Å². The molecular weight excluding hydrogens is 224 g/mol. The third-order valence-corrected chi connectivity index (χ3v) is 3.85. The Morgan fingerprint density at radius 3 is 2.89 bits per heavy atom. The highest BCUT2D eigenvalue weighted by Gasteiger charge is 2.25. The van der Waals surface area contributed by atoms with Crippen LogP contribution < -0.4 is 5.32 Å². The Labute approximate surface area is 110 Å². The van der Waals surface area contributed by atoms with Crippen molar-refractivity contribution in [1.82, 2.24) is 20.0 Å². The van der Waals surface area contributed by atoms with Gasteiger partial charge < -0.3 is 5.32 Å². The van der Waals surface area contributed by atoms with Crippen molar-refractivity contribution in [1.29, 1.82) is 0 Å². The minimum Gasteiger partial charge on any atom is -0.311 e. The summed E-state index contributed by atoms with van der Waals surface area (Å²) < 4.78 is 2.13. The standard InChI is InChI=1S/C14H26N4/c1-5-13-8-15-12(4)9-17(13)10-14-7-11(3)16-18(14)6-2/h7,12-13,15H,5-6,8-10H2,1-4H3. The fourth-order valence-electron chi connectivity index (χ4n) is 2.84. The molecule has 1 fully saturated rings. The van der Waals surface area contributed by atoms with E-state index in [1.807, 2.05) is 0 Å². The van der Waals surface area contributed by atoms with E-state index < -0.39 is 0 Å². The van der Waals surface area contributed by atoms with E-state index in [0.29, 0.717) is 12.1 Å². The molecule has 0 aliphatic carbocycles. The number of aromatic nitrogens is 2. The zero-order valence-corrected chi connectivity index (χ0v) is 12.1. The van der Waals surface area contributed by atoms with E-state index in [2.05, 4.69) is 53.8 Å². The molecule has 4 heteroatoms. The lowest BCUT2D eigenvalue weighted by atomic mass is 10.1. The quantitative estimate of drug-likeness (QED) is 0.884. The molecule has 1 aromatic heterocycles. The molecule has 2 rings (SSSR count). The summed E-state index contributed by atoms with van der Waals surface area (Å²) in [5.74, 6) is 0. The Bertz CT molecular complexity index is 385. The molecule has 1 N–H and O–H groups in total. The minimum absolute atomic E-state index is 0.590. The molecular formula is C14H26N4. The van der Waals surface area contributed by atoms with E-state index in [1.54, 1.807) is 0 Å². The second-order valence-electron chi connectivity index (χ2n) is 5.39. The first-order chi connectivity index (χ1) is 8.63. The van der Waals surface area contributed by atoms with E-state index >= 15 is 0 Å². The van der Waals surface area contributed by atoms with Crippen molar-refractivity contribution in [2.24, 2.45) is 0 Å². The first-order valence-corrected chi connectivity index (χ1v) is 7.14. The van der Waals surface area contributed by atoms with Crippen LogP contribution >= 0.6 is 0 Å². The van der Waals surface area contributed by atoms with Gasteiger partial charge in [0, 0.05) is 38.3 Å². The molecule has 18 heavy (non-hydrogen) atoms. The van der Waals surface area contributed by atoms with Crippen LogP contribution in [0.2, 0.25) is 0 Å². The summed E-state index contributed by atoms with van der Waals surface area (Å²) in [6.45, 7) is 13.0. The zero-order valence-electron chi connectivity index (χ0n) is 12.1. The first kappa shape index (κ1) is 13.6. The maximum Gasteiger partial charge on any atom is 0.0597 e. The molecule has 0 amide bonds. The molecule has 2 heterocycles. The zero-order chi connectivity index (χ0) is 13.1. The molecule has 2 unspecified atom stereocenters. The fourth-order valence-corrected chi connectivity index (χ4v) is 2.84. The van der Waals surface area contributed by atoms with Gasteiger partial charge in [0.05, 0.1) is 11.4 Å². The highest BCUT2D eigenvalue weighted by Crippen LogP contribution is 2.15. The number of aryl methyl sites for hydroxylation is 2. The minimum atomic E-state index is 0.590. The van der Waals surface area contributed by atoms with Gasteiger partial charge in [0.15, 0.2) is 0 Å². The van der Waals surface area contributed by atoms with Gasteiger partial charge in [-0.05, 0) is 33.3 Å². The van der Waals surface area contributed by atoms with Crippen molar-refractivity contribution in [3.63, 3.8) is 0 Å². The second-order valence-corrected chi connectivity index (χ2v) is 5.39. The maximum atomic E-state index is 4.54. The van der Waals surface area contributed by atoms with Crippen LogP contribution in [0.5, 0.6) is 0 Å². The van der Waals surface area contributed by atoms with E-state index in [-0.39, 0.29) is 0 Å². The van der Waals surface area contributed by atoms with Crippen LogP contribution in [0.1, 0.15) is 38.6 Å². The van der Waals surface area contributed by atoms with Crippen molar-refractivity contribution >= 4 is 0 Å². The van der Waals surface area contributed by atoms with Gasteiger partial charge in [-0.25, -0.2) is 0 Å². The SMILES string of the molecule is CCC1CNC(C)CN1Cc1cc(C)nn1CC. The fraction of sp³-hybridized carbons (Fsp3) is 0.786. The average molecular weight is 250 g/mol. The lowest BCUT2D eigenvalue weighted by molar-refractivity contribution is 0.121. The van der Waals surface area contributed by atoms with E-state index in [1.165, 1.54) is 12.1 Å². The van der Waals surface area contributed by atoms with E-state index in [4.69, 9.17) is 0 Å². The Kier molecular flexibility index (Phi) is 4.40. The number of rotatable bonds is 4. The second kappa shape index (κ2) is 5.85. The topological polar surface area (TPSA) is 33.1 Å². The number of hydrogen-bond acceptors (Lipinski definition) is 3. The summed E-state index contributed by atoms with van der Waals surface area (Å²) in [6.07, 6.45) is 1.21. The molecule has 102 valence electrons. The lowest BCUT2D eigenvalue weighted by Gasteiger charge is -2.39. The van der Waals surface area contributed by atoms with Crippen LogP contribution in [0.4, 0.5) is 0 Å². The predicted octanol–water partition coefficient (Wildman–Crippen LogP) is 1.78. The molecule has 0 bridgehead atoms. The van der Waals surface area contributed by atoms with Crippen LogP contribution in [0.3, 0.4) is 0 Å². The Balaban J connectivity index is 2.10.